The van der Waals surface area contributed by atoms with E-state index in [9.17, 15) is 30.0 Å². The number of aliphatic hydroxyl groups is 4. The Morgan fingerprint density at radius 1 is 0.630 bits per heavy atom. The van der Waals surface area contributed by atoms with Crippen molar-refractivity contribution >= 4 is 11.8 Å². The minimum atomic E-state index is -1.43. The number of ether oxygens (including phenoxy) is 2. The predicted octanol–water partition coefficient (Wildman–Crippen LogP) is 8.54. The Labute approximate surface area is 330 Å². The molecule has 0 aromatic rings. The van der Waals surface area contributed by atoms with Gasteiger partial charge >= 0.3 is 0 Å². The van der Waals surface area contributed by atoms with Crippen molar-refractivity contribution in [2.75, 3.05) is 13.2 Å². The van der Waals surface area contributed by atoms with Crippen LogP contribution in [0.5, 0.6) is 0 Å². The molecule has 6 N–H and O–H groups in total. The van der Waals surface area contributed by atoms with Crippen LogP contribution < -0.4 is 10.6 Å². The highest BCUT2D eigenvalue weighted by Crippen LogP contribution is 2.23. The van der Waals surface area contributed by atoms with Crippen molar-refractivity contribution in [2.24, 2.45) is 0 Å². The van der Waals surface area contributed by atoms with E-state index in [0.717, 1.165) is 38.5 Å². The van der Waals surface area contributed by atoms with Crippen LogP contribution in [0.2, 0.25) is 0 Å². The van der Waals surface area contributed by atoms with Gasteiger partial charge in [0.15, 0.2) is 6.29 Å². The van der Waals surface area contributed by atoms with Gasteiger partial charge in [0.2, 0.25) is 11.8 Å². The molecule has 320 valence electrons. The zero-order valence-electron chi connectivity index (χ0n) is 35.1. The van der Waals surface area contributed by atoms with E-state index in [1.807, 2.05) is 0 Å². The van der Waals surface area contributed by atoms with Crippen LogP contribution in [0.3, 0.4) is 0 Å². The maximum Gasteiger partial charge on any atom is 0.220 e. The molecule has 0 aromatic heterocycles. The number of hydrogen-bond donors (Lipinski definition) is 6. The Morgan fingerprint density at radius 3 is 1.44 bits per heavy atom. The first-order valence-electron chi connectivity index (χ1n) is 22.7. The van der Waals surface area contributed by atoms with Gasteiger partial charge in [0, 0.05) is 13.3 Å². The second kappa shape index (κ2) is 34.9. The highest BCUT2D eigenvalue weighted by Gasteiger charge is 2.45. The van der Waals surface area contributed by atoms with Gasteiger partial charge in [-0.15, -0.1) is 0 Å². The number of hydrogen-bond acceptors (Lipinski definition) is 8. The normalized spacial score (nSPS) is 21.2. The molecule has 2 unspecified atom stereocenters. The molecule has 10 nitrogen and oxygen atoms in total. The predicted molar refractivity (Wildman–Crippen MR) is 219 cm³/mol. The maximum absolute atomic E-state index is 13.1. The van der Waals surface area contributed by atoms with Gasteiger partial charge < -0.3 is 40.5 Å². The van der Waals surface area contributed by atoms with Gasteiger partial charge in [-0.1, -0.05) is 187 Å². The Kier molecular flexibility index (Phi) is 32.8. The molecule has 0 aromatic carbocycles. The molecule has 10 heteroatoms. The van der Waals surface area contributed by atoms with Crippen molar-refractivity contribution in [3.05, 3.63) is 0 Å². The van der Waals surface area contributed by atoms with Gasteiger partial charge in [-0.25, -0.2) is 0 Å². The summed E-state index contributed by atoms with van der Waals surface area (Å²) in [6, 6.07) is -1.81. The highest BCUT2D eigenvalue weighted by molar-refractivity contribution is 5.76. The van der Waals surface area contributed by atoms with Crippen LogP contribution in [-0.2, 0) is 19.1 Å². The molecular weight excluding hydrogens is 684 g/mol. The first-order valence-corrected chi connectivity index (χ1v) is 22.7. The third kappa shape index (κ3) is 25.8. The summed E-state index contributed by atoms with van der Waals surface area (Å²) < 4.78 is 11.7. The number of carbonyl (C=O) groups excluding carboxylic acids is 2. The molecule has 1 rings (SSSR count). The largest absolute Gasteiger partial charge is 0.394 e. The van der Waals surface area contributed by atoms with Crippen LogP contribution in [0.15, 0.2) is 0 Å². The second-order valence-electron chi connectivity index (χ2n) is 16.2. The van der Waals surface area contributed by atoms with E-state index >= 15 is 0 Å². The van der Waals surface area contributed by atoms with Crippen molar-refractivity contribution in [1.29, 1.82) is 0 Å². The number of aliphatic hydroxyl groups excluding tert-OH is 4. The molecule has 0 saturated carbocycles. The van der Waals surface area contributed by atoms with Gasteiger partial charge in [-0.2, -0.15) is 0 Å². The van der Waals surface area contributed by atoms with Crippen LogP contribution in [-0.4, -0.2) is 88.2 Å². The van der Waals surface area contributed by atoms with Crippen LogP contribution >= 0.6 is 0 Å². The fraction of sp³-hybridized carbons (Fsp3) is 0.955. The summed E-state index contributed by atoms with van der Waals surface area (Å²) in [6.45, 7) is 5.13. The van der Waals surface area contributed by atoms with E-state index in [-0.39, 0.29) is 12.5 Å². The number of unbranched alkanes of at least 4 members (excludes halogenated alkanes) is 26. The fourth-order valence-corrected chi connectivity index (χ4v) is 7.57. The average Bonchev–Trinajstić information content (AvgIpc) is 3.15. The summed E-state index contributed by atoms with van der Waals surface area (Å²) in [5.41, 5.74) is 0. The maximum atomic E-state index is 13.1. The van der Waals surface area contributed by atoms with E-state index in [0.29, 0.717) is 12.8 Å². The zero-order valence-corrected chi connectivity index (χ0v) is 35.1. The molecule has 1 aliphatic rings. The van der Waals surface area contributed by atoms with Gasteiger partial charge in [-0.3, -0.25) is 9.59 Å². The molecule has 0 radical (unpaired) electrons. The first-order chi connectivity index (χ1) is 26.2. The van der Waals surface area contributed by atoms with Crippen LogP contribution in [0.1, 0.15) is 213 Å². The number of rotatable bonds is 37. The molecule has 1 saturated heterocycles. The lowest BCUT2D eigenvalue weighted by Crippen LogP contribution is -2.65. The molecule has 2 amide bonds. The highest BCUT2D eigenvalue weighted by atomic mass is 16.7. The number of nitrogens with one attached hydrogen (secondary N) is 2. The SMILES string of the molecule is CCCCCCCCCCCCCCCCCC(=O)NC(CO[C@H]1O[C@H](CO)[C@@H](O)[C@H](O)[C@H]1NC(C)=O)C(O)CCCCCCCCCCCCCCC. The Bertz CT molecular complexity index is 880. The summed E-state index contributed by atoms with van der Waals surface area (Å²) in [7, 11) is 0. The molecule has 1 fully saturated rings. The summed E-state index contributed by atoms with van der Waals surface area (Å²) in [4.78, 5) is 24.9. The third-order valence-corrected chi connectivity index (χ3v) is 11.1. The molecule has 0 bridgehead atoms. The third-order valence-electron chi connectivity index (χ3n) is 11.1. The standard InChI is InChI=1S/C44H86N2O8/c1-4-6-8-10-12-14-16-18-19-21-23-25-27-29-31-33-40(50)46-37(35-53-44-41(45-36(3)48)43(52)42(51)39(34-47)54-44)38(49)32-30-28-26-24-22-20-17-15-13-11-9-7-5-2/h37-39,41-44,47,49,51-52H,4-35H2,1-3H3,(H,45,48)(H,46,50)/t37?,38?,39-,41-,42-,43-,44+/m1/s1. The van der Waals surface area contributed by atoms with Crippen LogP contribution in [0.25, 0.3) is 0 Å². The summed E-state index contributed by atoms with van der Waals surface area (Å²) >= 11 is 0. The lowest BCUT2D eigenvalue weighted by atomic mass is 9.97. The minimum absolute atomic E-state index is 0.119. The van der Waals surface area contributed by atoms with Crippen LogP contribution in [0.4, 0.5) is 0 Å². The molecule has 0 aliphatic carbocycles. The molecule has 54 heavy (non-hydrogen) atoms. The van der Waals surface area contributed by atoms with Crippen molar-refractivity contribution in [1.82, 2.24) is 10.6 Å². The lowest BCUT2D eigenvalue weighted by Gasteiger charge is -2.42. The monoisotopic (exact) mass is 771 g/mol. The van der Waals surface area contributed by atoms with E-state index in [4.69, 9.17) is 9.47 Å². The smallest absolute Gasteiger partial charge is 0.220 e. The van der Waals surface area contributed by atoms with Gasteiger partial charge in [-0.05, 0) is 12.8 Å². The number of amides is 2. The molecular formula is C44H86N2O8. The van der Waals surface area contributed by atoms with E-state index < -0.39 is 55.3 Å². The molecule has 1 heterocycles. The van der Waals surface area contributed by atoms with Gasteiger partial charge in [0.05, 0.1) is 25.4 Å². The Hall–Kier alpha value is -1.30. The van der Waals surface area contributed by atoms with Crippen molar-refractivity contribution in [3.63, 3.8) is 0 Å². The Balaban J connectivity index is 2.49. The first kappa shape index (κ1) is 50.7. The fourth-order valence-electron chi connectivity index (χ4n) is 7.57. The lowest BCUT2D eigenvalue weighted by molar-refractivity contribution is -0.272. The topological polar surface area (TPSA) is 158 Å². The Morgan fingerprint density at radius 2 is 1.04 bits per heavy atom. The average molecular weight is 771 g/mol. The van der Waals surface area contributed by atoms with Gasteiger partial charge in [0.25, 0.3) is 0 Å². The molecule has 0 spiro atoms. The molecule has 7 atom stereocenters. The summed E-state index contributed by atoms with van der Waals surface area (Å²) in [6.07, 6.45) is 29.8. The van der Waals surface area contributed by atoms with Crippen molar-refractivity contribution < 1.29 is 39.5 Å². The van der Waals surface area contributed by atoms with E-state index in [2.05, 4.69) is 24.5 Å². The summed E-state index contributed by atoms with van der Waals surface area (Å²) in [5.74, 6) is -0.587. The minimum Gasteiger partial charge on any atom is -0.394 e. The number of carbonyl (C=O) groups is 2. The van der Waals surface area contributed by atoms with Crippen molar-refractivity contribution in [2.45, 2.75) is 256 Å². The van der Waals surface area contributed by atoms with E-state index in [1.54, 1.807) is 0 Å². The quantitative estimate of drug-likeness (QED) is 0.0343. The van der Waals surface area contributed by atoms with E-state index in [1.165, 1.54) is 148 Å². The molecule has 1 aliphatic heterocycles. The van der Waals surface area contributed by atoms with Gasteiger partial charge in [0.1, 0.15) is 24.4 Å². The van der Waals surface area contributed by atoms with Crippen LogP contribution in [0, 0.1) is 0 Å². The second-order valence-corrected chi connectivity index (χ2v) is 16.2. The summed E-state index contributed by atoms with van der Waals surface area (Å²) in [5, 5.41) is 47.5. The zero-order chi connectivity index (χ0) is 39.7. The van der Waals surface area contributed by atoms with Crippen molar-refractivity contribution in [3.8, 4) is 0 Å².